The summed E-state index contributed by atoms with van der Waals surface area (Å²) in [6, 6.07) is 3.29. The van der Waals surface area contributed by atoms with Gasteiger partial charge in [0.1, 0.15) is 5.65 Å². The van der Waals surface area contributed by atoms with E-state index in [4.69, 9.17) is 4.52 Å². The molecule has 2 amide bonds. The van der Waals surface area contributed by atoms with Crippen molar-refractivity contribution in [3.8, 4) is 0 Å². The number of nitrogens with one attached hydrogen (secondary N) is 1. The number of aliphatic hydroxyl groups is 1. The molecule has 0 radical (unpaired) electrons. The second kappa shape index (κ2) is 5.85. The zero-order valence-corrected chi connectivity index (χ0v) is 13.7. The van der Waals surface area contributed by atoms with Gasteiger partial charge in [-0.2, -0.15) is 4.98 Å². The van der Waals surface area contributed by atoms with Crippen molar-refractivity contribution in [1.29, 1.82) is 0 Å². The van der Waals surface area contributed by atoms with E-state index in [1.54, 1.807) is 18.3 Å². The molecule has 0 spiro atoms. The highest BCUT2D eigenvalue weighted by Crippen LogP contribution is 2.31. The molecule has 3 aromatic rings. The molecule has 3 aromatic heterocycles. The standard InChI is InChI=1S/C16H18N6O3/c1-2-12-19-14(25-20-12)16(24)4-7-22(10-16)15(23)18-11-3-6-21-8-5-17-13(21)9-11/h3,5-6,8-9,24H,2,4,7,10H2,1H3,(H,18,23). The number of aromatic nitrogens is 4. The number of amides is 2. The molecule has 1 aliphatic rings. The summed E-state index contributed by atoms with van der Waals surface area (Å²) in [5.74, 6) is 0.706. The number of nitrogens with zero attached hydrogens (tertiary/aromatic N) is 5. The molecule has 1 aliphatic heterocycles. The first-order valence-electron chi connectivity index (χ1n) is 8.11. The van der Waals surface area contributed by atoms with Crippen molar-refractivity contribution in [1.82, 2.24) is 24.4 Å². The van der Waals surface area contributed by atoms with Gasteiger partial charge in [-0.25, -0.2) is 9.78 Å². The van der Waals surface area contributed by atoms with Crippen LogP contribution in [0.1, 0.15) is 25.1 Å². The molecule has 0 aliphatic carbocycles. The van der Waals surface area contributed by atoms with E-state index in [1.807, 2.05) is 23.7 Å². The van der Waals surface area contributed by atoms with Gasteiger partial charge in [0.2, 0.25) is 0 Å². The van der Waals surface area contributed by atoms with Gasteiger partial charge in [0, 0.05) is 49.7 Å². The molecular weight excluding hydrogens is 324 g/mol. The Bertz CT molecular complexity index is 919. The normalized spacial score (nSPS) is 20.3. The first-order chi connectivity index (χ1) is 12.1. The molecule has 1 fully saturated rings. The second-order valence-corrected chi connectivity index (χ2v) is 6.11. The predicted octanol–water partition coefficient (Wildman–Crippen LogP) is 1.41. The number of pyridine rings is 1. The summed E-state index contributed by atoms with van der Waals surface area (Å²) in [4.78, 5) is 22.4. The summed E-state index contributed by atoms with van der Waals surface area (Å²) in [7, 11) is 0. The molecule has 4 heterocycles. The third-order valence-electron chi connectivity index (χ3n) is 4.37. The van der Waals surface area contributed by atoms with Gasteiger partial charge in [0.25, 0.3) is 5.89 Å². The molecule has 1 saturated heterocycles. The number of urea groups is 1. The minimum absolute atomic E-state index is 0.107. The van der Waals surface area contributed by atoms with Gasteiger partial charge >= 0.3 is 6.03 Å². The first-order valence-corrected chi connectivity index (χ1v) is 8.11. The van der Waals surface area contributed by atoms with Gasteiger partial charge < -0.3 is 24.2 Å². The maximum Gasteiger partial charge on any atom is 0.321 e. The van der Waals surface area contributed by atoms with Crippen LogP contribution in [0.25, 0.3) is 5.65 Å². The summed E-state index contributed by atoms with van der Waals surface area (Å²) in [5.41, 5.74) is 0.0871. The number of fused-ring (bicyclic) bond motifs is 1. The summed E-state index contributed by atoms with van der Waals surface area (Å²) in [6.45, 7) is 2.41. The minimum atomic E-state index is -1.30. The lowest BCUT2D eigenvalue weighted by molar-refractivity contribution is 0.0171. The SMILES string of the molecule is CCc1noc(C2(O)CCN(C(=O)Nc3ccn4ccnc4c3)C2)n1. The third-order valence-corrected chi connectivity index (χ3v) is 4.37. The van der Waals surface area contributed by atoms with Crippen LogP contribution in [0.4, 0.5) is 10.5 Å². The molecule has 4 rings (SSSR count). The van der Waals surface area contributed by atoms with Gasteiger partial charge in [0.15, 0.2) is 11.4 Å². The Morgan fingerprint density at radius 1 is 1.48 bits per heavy atom. The fraction of sp³-hybridized carbons (Fsp3) is 0.375. The Morgan fingerprint density at radius 2 is 2.36 bits per heavy atom. The maximum atomic E-state index is 12.5. The van der Waals surface area contributed by atoms with E-state index in [-0.39, 0.29) is 18.5 Å². The number of β-amino-alcohol motifs (C(OH)–C–C–N with tert-alkyl or cyclic N) is 1. The Morgan fingerprint density at radius 3 is 3.16 bits per heavy atom. The Balaban J connectivity index is 1.46. The van der Waals surface area contributed by atoms with E-state index in [2.05, 4.69) is 20.4 Å². The molecule has 1 unspecified atom stereocenters. The van der Waals surface area contributed by atoms with Crippen molar-refractivity contribution in [3.05, 3.63) is 42.4 Å². The zero-order chi connectivity index (χ0) is 17.4. The van der Waals surface area contributed by atoms with Crippen molar-refractivity contribution >= 4 is 17.4 Å². The summed E-state index contributed by atoms with van der Waals surface area (Å²) in [6.07, 6.45) is 6.32. The topological polar surface area (TPSA) is 109 Å². The van der Waals surface area contributed by atoms with Crippen LogP contribution < -0.4 is 5.32 Å². The van der Waals surface area contributed by atoms with Crippen molar-refractivity contribution < 1.29 is 14.4 Å². The predicted molar refractivity (Wildman–Crippen MR) is 88.0 cm³/mol. The highest BCUT2D eigenvalue weighted by molar-refractivity contribution is 5.90. The molecule has 9 nitrogen and oxygen atoms in total. The number of imidazole rings is 1. The number of carbonyl (C=O) groups is 1. The average Bonchev–Trinajstić information content (AvgIpc) is 3.33. The van der Waals surface area contributed by atoms with Crippen LogP contribution in [0.3, 0.4) is 0 Å². The Labute approximate surface area is 143 Å². The lowest BCUT2D eigenvalue weighted by Crippen LogP contribution is -2.37. The van der Waals surface area contributed by atoms with E-state index in [1.165, 1.54) is 4.90 Å². The Hall–Kier alpha value is -2.94. The van der Waals surface area contributed by atoms with Crippen molar-refractivity contribution in [2.45, 2.75) is 25.4 Å². The number of likely N-dealkylation sites (tertiary alicyclic amines) is 1. The fourth-order valence-electron chi connectivity index (χ4n) is 2.92. The molecule has 25 heavy (non-hydrogen) atoms. The van der Waals surface area contributed by atoms with E-state index in [0.29, 0.717) is 30.9 Å². The number of hydrogen-bond acceptors (Lipinski definition) is 6. The van der Waals surface area contributed by atoms with Gasteiger partial charge in [-0.15, -0.1) is 0 Å². The van der Waals surface area contributed by atoms with Crippen molar-refractivity contribution in [2.75, 3.05) is 18.4 Å². The molecule has 1 atom stereocenters. The van der Waals surface area contributed by atoms with Crippen LogP contribution in [0.2, 0.25) is 0 Å². The third kappa shape index (κ3) is 2.82. The maximum absolute atomic E-state index is 12.5. The zero-order valence-electron chi connectivity index (χ0n) is 13.7. The van der Waals surface area contributed by atoms with E-state index in [9.17, 15) is 9.90 Å². The van der Waals surface area contributed by atoms with Crippen LogP contribution >= 0.6 is 0 Å². The molecule has 0 aromatic carbocycles. The quantitative estimate of drug-likeness (QED) is 0.745. The van der Waals surface area contributed by atoms with Crippen LogP contribution in [0, 0.1) is 0 Å². The second-order valence-electron chi connectivity index (χ2n) is 6.11. The van der Waals surface area contributed by atoms with E-state index in [0.717, 1.165) is 5.65 Å². The Kier molecular flexibility index (Phi) is 3.65. The molecule has 9 heteroatoms. The average molecular weight is 342 g/mol. The van der Waals surface area contributed by atoms with Crippen molar-refractivity contribution in [3.63, 3.8) is 0 Å². The lowest BCUT2D eigenvalue weighted by Gasteiger charge is -2.20. The van der Waals surface area contributed by atoms with Crippen LogP contribution in [-0.4, -0.2) is 48.7 Å². The number of rotatable bonds is 3. The summed E-state index contributed by atoms with van der Waals surface area (Å²) >= 11 is 0. The fourth-order valence-corrected chi connectivity index (χ4v) is 2.92. The van der Waals surface area contributed by atoms with Crippen LogP contribution in [0.5, 0.6) is 0 Å². The van der Waals surface area contributed by atoms with E-state index >= 15 is 0 Å². The van der Waals surface area contributed by atoms with Crippen LogP contribution in [-0.2, 0) is 12.0 Å². The molecule has 130 valence electrons. The minimum Gasteiger partial charge on any atom is -0.378 e. The largest absolute Gasteiger partial charge is 0.378 e. The molecule has 0 bridgehead atoms. The monoisotopic (exact) mass is 342 g/mol. The smallest absolute Gasteiger partial charge is 0.321 e. The molecule has 0 saturated carbocycles. The van der Waals surface area contributed by atoms with Gasteiger partial charge in [-0.05, 0) is 6.07 Å². The van der Waals surface area contributed by atoms with Gasteiger partial charge in [0.05, 0.1) is 6.54 Å². The highest BCUT2D eigenvalue weighted by Gasteiger charge is 2.44. The lowest BCUT2D eigenvalue weighted by atomic mass is 10.0. The number of carbonyl (C=O) groups excluding carboxylic acids is 1. The number of aryl methyl sites for hydroxylation is 1. The molecule has 2 N–H and O–H groups in total. The summed E-state index contributed by atoms with van der Waals surface area (Å²) in [5, 5.41) is 17.4. The highest BCUT2D eigenvalue weighted by atomic mass is 16.5. The first kappa shape index (κ1) is 15.6. The summed E-state index contributed by atoms with van der Waals surface area (Å²) < 4.78 is 7.00. The number of anilines is 1. The van der Waals surface area contributed by atoms with Crippen molar-refractivity contribution in [2.24, 2.45) is 0 Å². The van der Waals surface area contributed by atoms with E-state index < -0.39 is 5.60 Å². The number of hydrogen-bond donors (Lipinski definition) is 2. The van der Waals surface area contributed by atoms with Gasteiger partial charge in [-0.3, -0.25) is 0 Å². The molecular formula is C16H18N6O3. The van der Waals surface area contributed by atoms with Gasteiger partial charge in [-0.1, -0.05) is 12.1 Å². The van der Waals surface area contributed by atoms with Crippen LogP contribution in [0.15, 0.2) is 35.2 Å².